The van der Waals surface area contributed by atoms with Gasteiger partial charge in [0.05, 0.1) is 0 Å². The lowest BCUT2D eigenvalue weighted by atomic mass is 9.93. The second kappa shape index (κ2) is 10.3. The fraction of sp³-hybridized carbons (Fsp3) is 0.867. The van der Waals surface area contributed by atoms with E-state index in [4.69, 9.17) is 0 Å². The summed E-state index contributed by atoms with van der Waals surface area (Å²) in [4.78, 5) is 0. The van der Waals surface area contributed by atoms with Gasteiger partial charge in [0.25, 0.3) is 0 Å². The Bertz CT molecular complexity index is 155. The molecule has 0 saturated heterocycles. The first-order chi connectivity index (χ1) is 7.24. The lowest BCUT2D eigenvalue weighted by Gasteiger charge is -2.13. The van der Waals surface area contributed by atoms with Crippen LogP contribution in [0.2, 0.25) is 0 Å². The molecule has 0 bridgehead atoms. The average molecular weight is 210 g/mol. The maximum absolute atomic E-state index is 2.43. The first-order valence-electron chi connectivity index (χ1n) is 6.90. The second-order valence-corrected chi connectivity index (χ2v) is 4.75. The Morgan fingerprint density at radius 1 is 1.07 bits per heavy atom. The summed E-state index contributed by atoms with van der Waals surface area (Å²) >= 11 is 0. The molecule has 0 aliphatic carbocycles. The van der Waals surface area contributed by atoms with Crippen LogP contribution in [0.1, 0.15) is 79.1 Å². The lowest BCUT2D eigenvalue weighted by molar-refractivity contribution is 0.419. The Morgan fingerprint density at radius 3 is 2.33 bits per heavy atom. The van der Waals surface area contributed by atoms with Crippen LogP contribution in [0.15, 0.2) is 11.6 Å². The molecule has 0 aromatic rings. The molecule has 0 aromatic heterocycles. The molecule has 0 aliphatic rings. The van der Waals surface area contributed by atoms with E-state index >= 15 is 0 Å². The lowest BCUT2D eigenvalue weighted by Crippen LogP contribution is -1.98. The van der Waals surface area contributed by atoms with Gasteiger partial charge in [0.15, 0.2) is 0 Å². The summed E-state index contributed by atoms with van der Waals surface area (Å²) in [5.41, 5.74) is 1.55. The molecule has 1 atom stereocenters. The Balaban J connectivity index is 3.61. The number of allylic oxidation sites excluding steroid dienone is 2. The van der Waals surface area contributed by atoms with Gasteiger partial charge in [-0.2, -0.15) is 0 Å². The molecule has 1 unspecified atom stereocenters. The minimum absolute atomic E-state index is 0.970. The summed E-state index contributed by atoms with van der Waals surface area (Å²) < 4.78 is 0. The van der Waals surface area contributed by atoms with Crippen molar-refractivity contribution in [2.75, 3.05) is 0 Å². The van der Waals surface area contributed by atoms with Crippen LogP contribution in [-0.2, 0) is 0 Å². The van der Waals surface area contributed by atoms with Crippen molar-refractivity contribution < 1.29 is 0 Å². The third-order valence-electron chi connectivity index (χ3n) is 3.42. The third kappa shape index (κ3) is 8.72. The molecular weight excluding hydrogens is 180 g/mol. The van der Waals surface area contributed by atoms with E-state index in [0.29, 0.717) is 0 Å². The highest BCUT2D eigenvalue weighted by molar-refractivity contribution is 4.96. The van der Waals surface area contributed by atoms with Crippen molar-refractivity contribution in [2.24, 2.45) is 5.92 Å². The largest absolute Gasteiger partial charge is 0.0856 e. The van der Waals surface area contributed by atoms with Crippen LogP contribution in [0.3, 0.4) is 0 Å². The van der Waals surface area contributed by atoms with Crippen molar-refractivity contribution >= 4 is 0 Å². The summed E-state index contributed by atoms with van der Waals surface area (Å²) in [6.45, 7) is 9.11. The van der Waals surface area contributed by atoms with E-state index in [2.05, 4.69) is 33.8 Å². The molecule has 0 heterocycles. The predicted molar refractivity (Wildman–Crippen MR) is 71.2 cm³/mol. The fourth-order valence-electron chi connectivity index (χ4n) is 1.95. The molecule has 0 aromatic carbocycles. The zero-order valence-corrected chi connectivity index (χ0v) is 11.3. The van der Waals surface area contributed by atoms with E-state index in [1.807, 2.05) is 0 Å². The van der Waals surface area contributed by atoms with E-state index in [1.165, 1.54) is 51.4 Å². The highest BCUT2D eigenvalue weighted by Crippen LogP contribution is 2.19. The van der Waals surface area contributed by atoms with Gasteiger partial charge in [-0.15, -0.1) is 0 Å². The monoisotopic (exact) mass is 210 g/mol. The van der Waals surface area contributed by atoms with E-state index in [-0.39, 0.29) is 0 Å². The predicted octanol–water partition coefficient (Wildman–Crippen LogP) is 5.73. The molecule has 0 nitrogen and oxygen atoms in total. The molecule has 0 rings (SSSR count). The molecule has 0 amide bonds. The second-order valence-electron chi connectivity index (χ2n) is 4.75. The standard InChI is InChI=1S/C15H30/c1-5-8-9-12-15(7-3)13-10-11-14(4)6-2/h11,15H,5-10,12-13H2,1-4H3/b14-11-. The zero-order valence-electron chi connectivity index (χ0n) is 11.3. The van der Waals surface area contributed by atoms with Gasteiger partial charge in [-0.25, -0.2) is 0 Å². The minimum Gasteiger partial charge on any atom is -0.0856 e. The first kappa shape index (κ1) is 14.7. The summed E-state index contributed by atoms with van der Waals surface area (Å²) in [7, 11) is 0. The number of unbranched alkanes of at least 4 members (excludes halogenated alkanes) is 2. The normalized spacial score (nSPS) is 14.3. The topological polar surface area (TPSA) is 0 Å². The summed E-state index contributed by atoms with van der Waals surface area (Å²) in [5, 5.41) is 0. The molecular formula is C15H30. The average Bonchev–Trinajstić information content (AvgIpc) is 2.26. The molecule has 0 spiro atoms. The van der Waals surface area contributed by atoms with E-state index in [0.717, 1.165) is 5.92 Å². The van der Waals surface area contributed by atoms with Gasteiger partial charge < -0.3 is 0 Å². The number of hydrogen-bond acceptors (Lipinski definition) is 0. The number of hydrogen-bond donors (Lipinski definition) is 0. The van der Waals surface area contributed by atoms with Gasteiger partial charge >= 0.3 is 0 Å². The van der Waals surface area contributed by atoms with Crippen molar-refractivity contribution in [3.8, 4) is 0 Å². The van der Waals surface area contributed by atoms with Crippen LogP contribution >= 0.6 is 0 Å². The minimum atomic E-state index is 0.970. The zero-order chi connectivity index (χ0) is 11.5. The Morgan fingerprint density at radius 2 is 1.80 bits per heavy atom. The molecule has 0 radical (unpaired) electrons. The van der Waals surface area contributed by atoms with Gasteiger partial charge in [-0.05, 0) is 32.1 Å². The maximum atomic E-state index is 2.43. The van der Waals surface area contributed by atoms with Crippen molar-refractivity contribution in [3.05, 3.63) is 11.6 Å². The SMILES string of the molecule is CCCCCC(CC)CC/C=C(/C)CC. The highest BCUT2D eigenvalue weighted by Gasteiger charge is 2.04. The van der Waals surface area contributed by atoms with Crippen molar-refractivity contribution in [1.82, 2.24) is 0 Å². The van der Waals surface area contributed by atoms with Crippen LogP contribution in [0.25, 0.3) is 0 Å². The van der Waals surface area contributed by atoms with Gasteiger partial charge in [0.1, 0.15) is 0 Å². The maximum Gasteiger partial charge on any atom is -0.0346 e. The quantitative estimate of drug-likeness (QED) is 0.337. The molecule has 0 fully saturated rings. The summed E-state index contributed by atoms with van der Waals surface area (Å²) in [5.74, 6) is 0.970. The first-order valence-corrected chi connectivity index (χ1v) is 6.90. The number of rotatable bonds is 9. The molecule has 0 N–H and O–H groups in total. The highest BCUT2D eigenvalue weighted by atomic mass is 14.1. The molecule has 90 valence electrons. The van der Waals surface area contributed by atoms with Gasteiger partial charge in [-0.3, -0.25) is 0 Å². The fourth-order valence-corrected chi connectivity index (χ4v) is 1.95. The smallest absolute Gasteiger partial charge is 0.0346 e. The molecule has 0 aliphatic heterocycles. The van der Waals surface area contributed by atoms with Gasteiger partial charge in [-0.1, -0.05) is 64.5 Å². The van der Waals surface area contributed by atoms with Crippen LogP contribution < -0.4 is 0 Å². The Hall–Kier alpha value is -0.260. The molecule has 0 saturated carbocycles. The molecule has 0 heteroatoms. The van der Waals surface area contributed by atoms with Crippen LogP contribution in [0, 0.1) is 5.92 Å². The van der Waals surface area contributed by atoms with E-state index < -0.39 is 0 Å². The van der Waals surface area contributed by atoms with Crippen molar-refractivity contribution in [1.29, 1.82) is 0 Å². The van der Waals surface area contributed by atoms with Crippen LogP contribution in [0.5, 0.6) is 0 Å². The van der Waals surface area contributed by atoms with Crippen LogP contribution in [0.4, 0.5) is 0 Å². The van der Waals surface area contributed by atoms with Gasteiger partial charge in [0.2, 0.25) is 0 Å². The van der Waals surface area contributed by atoms with Crippen molar-refractivity contribution in [3.63, 3.8) is 0 Å². The van der Waals surface area contributed by atoms with E-state index in [1.54, 1.807) is 5.57 Å². The van der Waals surface area contributed by atoms with E-state index in [9.17, 15) is 0 Å². The summed E-state index contributed by atoms with van der Waals surface area (Å²) in [6, 6.07) is 0. The Labute approximate surface area is 97.2 Å². The van der Waals surface area contributed by atoms with Crippen LogP contribution in [-0.4, -0.2) is 0 Å². The molecule has 15 heavy (non-hydrogen) atoms. The third-order valence-corrected chi connectivity index (χ3v) is 3.42. The summed E-state index contributed by atoms with van der Waals surface area (Å²) in [6.07, 6.45) is 13.4. The Kier molecular flexibility index (Phi) is 10.1. The van der Waals surface area contributed by atoms with Gasteiger partial charge in [0, 0.05) is 0 Å². The van der Waals surface area contributed by atoms with Crippen molar-refractivity contribution in [2.45, 2.75) is 79.1 Å².